The van der Waals surface area contributed by atoms with Crippen LogP contribution >= 0.6 is 7.60 Å². The lowest BCUT2D eigenvalue weighted by molar-refractivity contribution is 0.215. The van der Waals surface area contributed by atoms with Gasteiger partial charge in [-0.1, -0.05) is 0 Å². The third-order valence-corrected chi connectivity index (χ3v) is 2.72. The number of rotatable bonds is 7. The first-order valence-corrected chi connectivity index (χ1v) is 6.57. The van der Waals surface area contributed by atoms with Gasteiger partial charge in [-0.2, -0.15) is 0 Å². The van der Waals surface area contributed by atoms with Gasteiger partial charge in [0.2, 0.25) is 0 Å². The van der Waals surface area contributed by atoms with Crippen LogP contribution in [0.3, 0.4) is 0 Å². The molecule has 5 nitrogen and oxygen atoms in total. The molecule has 0 aliphatic carbocycles. The van der Waals surface area contributed by atoms with Gasteiger partial charge in [-0.25, -0.2) is 0 Å². The molecule has 1 atom stereocenters. The molecule has 0 saturated carbocycles. The molecule has 0 heterocycles. The maximum absolute atomic E-state index is 11.4. The normalized spacial score (nSPS) is 14.8. The first-order chi connectivity index (χ1) is 6.52. The minimum atomic E-state index is -2.92. The van der Waals surface area contributed by atoms with Gasteiger partial charge in [0.25, 0.3) is 0 Å². The Balaban J connectivity index is 3.62. The van der Waals surface area contributed by atoms with Crippen molar-refractivity contribution < 1.29 is 18.3 Å². The topological polar surface area (TPSA) is 68.6 Å². The van der Waals surface area contributed by atoms with Gasteiger partial charge in [0.1, 0.15) is 0 Å². The molecule has 0 rings (SSSR count). The van der Waals surface area contributed by atoms with Gasteiger partial charge in [-0.15, -0.1) is 0 Å². The van der Waals surface area contributed by atoms with Crippen LogP contribution in [0.5, 0.6) is 0 Å². The lowest BCUT2D eigenvalue weighted by Crippen LogP contribution is -2.07. The van der Waals surface area contributed by atoms with Crippen LogP contribution in [0.25, 0.3) is 0 Å². The van der Waals surface area contributed by atoms with Crippen molar-refractivity contribution in [3.05, 3.63) is 0 Å². The van der Waals surface area contributed by atoms with E-state index in [-0.39, 0.29) is 12.5 Å². The van der Waals surface area contributed by atoms with Gasteiger partial charge in [0, 0.05) is 13.1 Å². The minimum Gasteiger partial charge on any atom is -0.481 e. The molecule has 0 aromatic heterocycles. The number of nitrogens with one attached hydrogen (secondary N) is 1. The maximum atomic E-state index is 11.4. The highest BCUT2D eigenvalue weighted by Gasteiger charge is 2.15. The molecule has 0 saturated heterocycles. The first kappa shape index (κ1) is 13.6. The van der Waals surface area contributed by atoms with Crippen molar-refractivity contribution in [2.75, 3.05) is 26.5 Å². The molecule has 0 aromatic rings. The van der Waals surface area contributed by atoms with E-state index in [1.54, 1.807) is 13.8 Å². The van der Waals surface area contributed by atoms with Crippen molar-refractivity contribution in [2.45, 2.75) is 20.3 Å². The second-order valence-corrected chi connectivity index (χ2v) is 4.69. The quantitative estimate of drug-likeness (QED) is 0.408. The summed E-state index contributed by atoms with van der Waals surface area (Å²) in [4.78, 5) is 0. The van der Waals surface area contributed by atoms with Gasteiger partial charge in [0.15, 0.2) is 5.90 Å². The maximum Gasteiger partial charge on any atom is 0.327 e. The summed E-state index contributed by atoms with van der Waals surface area (Å²) < 4.78 is 26.2. The number of hydrogen-bond donors (Lipinski definition) is 1. The van der Waals surface area contributed by atoms with E-state index < -0.39 is 7.60 Å². The second kappa shape index (κ2) is 6.98. The summed E-state index contributed by atoms with van der Waals surface area (Å²) in [5.74, 6) is 0.143. The van der Waals surface area contributed by atoms with Crippen LogP contribution in [-0.4, -0.2) is 32.4 Å². The predicted molar refractivity (Wildman–Crippen MR) is 55.1 cm³/mol. The Morgan fingerprint density at radius 3 is 2.43 bits per heavy atom. The molecule has 6 heteroatoms. The Hall–Kier alpha value is -0.380. The molecular formula is C8H18NO4P. The molecule has 0 aliphatic heterocycles. The van der Waals surface area contributed by atoms with Crippen molar-refractivity contribution in [2.24, 2.45) is 0 Å². The zero-order chi connectivity index (χ0) is 11.0. The average molecular weight is 223 g/mol. The lowest BCUT2D eigenvalue weighted by atomic mass is 10.5. The van der Waals surface area contributed by atoms with E-state index in [0.717, 1.165) is 0 Å². The van der Waals surface area contributed by atoms with E-state index in [9.17, 15) is 4.57 Å². The van der Waals surface area contributed by atoms with Gasteiger partial charge in [0.05, 0.1) is 19.8 Å². The average Bonchev–Trinajstić information content (AvgIpc) is 2.03. The summed E-state index contributed by atoms with van der Waals surface area (Å²) in [6.45, 7) is 5.99. The fourth-order valence-electron chi connectivity index (χ4n) is 0.822. The molecule has 0 bridgehead atoms. The van der Waals surface area contributed by atoms with Crippen molar-refractivity contribution in [3.8, 4) is 0 Å². The monoisotopic (exact) mass is 223 g/mol. The van der Waals surface area contributed by atoms with E-state index in [1.807, 2.05) is 0 Å². The molecule has 0 fully saturated rings. The molecule has 0 aliphatic rings. The van der Waals surface area contributed by atoms with Gasteiger partial charge >= 0.3 is 7.60 Å². The molecule has 0 amide bonds. The summed E-state index contributed by atoms with van der Waals surface area (Å²) in [7, 11) is -2.92. The van der Waals surface area contributed by atoms with Crippen LogP contribution in [0.1, 0.15) is 20.3 Å². The van der Waals surface area contributed by atoms with Crippen LogP contribution in [0.2, 0.25) is 0 Å². The van der Waals surface area contributed by atoms with E-state index in [2.05, 4.69) is 0 Å². The van der Waals surface area contributed by atoms with Crippen LogP contribution in [0, 0.1) is 5.41 Å². The fourth-order valence-corrected chi connectivity index (χ4v) is 1.79. The molecule has 1 unspecified atom stereocenters. The highest BCUT2D eigenvalue weighted by atomic mass is 31.2. The van der Waals surface area contributed by atoms with E-state index in [4.69, 9.17) is 19.2 Å². The zero-order valence-corrected chi connectivity index (χ0v) is 9.80. The third kappa shape index (κ3) is 7.06. The molecule has 84 valence electrons. The second-order valence-electron chi connectivity index (χ2n) is 2.63. The highest BCUT2D eigenvalue weighted by Crippen LogP contribution is 2.43. The lowest BCUT2D eigenvalue weighted by Gasteiger charge is -2.12. The molecular weight excluding hydrogens is 205 g/mol. The molecule has 14 heavy (non-hydrogen) atoms. The van der Waals surface area contributed by atoms with Crippen LogP contribution in [0.4, 0.5) is 0 Å². The Morgan fingerprint density at radius 1 is 1.29 bits per heavy atom. The highest BCUT2D eigenvalue weighted by molar-refractivity contribution is 7.52. The SMILES string of the molecule is CCOC(=N)CCOP(C)(=O)OCC. The van der Waals surface area contributed by atoms with Gasteiger partial charge in [-0.3, -0.25) is 9.97 Å². The fraction of sp³-hybridized carbons (Fsp3) is 0.875. The predicted octanol–water partition coefficient (Wildman–Crippen LogP) is 2.27. The summed E-state index contributed by atoms with van der Waals surface area (Å²) in [5.41, 5.74) is 0. The van der Waals surface area contributed by atoms with Crippen molar-refractivity contribution in [3.63, 3.8) is 0 Å². The minimum absolute atomic E-state index is 0.143. The molecule has 0 radical (unpaired) electrons. The van der Waals surface area contributed by atoms with Crippen LogP contribution in [0.15, 0.2) is 0 Å². The van der Waals surface area contributed by atoms with E-state index in [1.165, 1.54) is 6.66 Å². The molecule has 0 aromatic carbocycles. The summed E-state index contributed by atoms with van der Waals surface area (Å²) in [5, 5.41) is 7.27. The van der Waals surface area contributed by atoms with E-state index in [0.29, 0.717) is 19.6 Å². The smallest absolute Gasteiger partial charge is 0.327 e. The summed E-state index contributed by atoms with van der Waals surface area (Å²) in [6, 6.07) is 0. The molecule has 0 spiro atoms. The van der Waals surface area contributed by atoms with Crippen molar-refractivity contribution in [1.82, 2.24) is 0 Å². The summed E-state index contributed by atoms with van der Waals surface area (Å²) >= 11 is 0. The largest absolute Gasteiger partial charge is 0.481 e. The zero-order valence-electron chi connectivity index (χ0n) is 8.91. The number of hydrogen-bond acceptors (Lipinski definition) is 5. The Labute approximate surface area is 84.8 Å². The molecule has 1 N–H and O–H groups in total. The Morgan fingerprint density at radius 2 is 1.93 bits per heavy atom. The van der Waals surface area contributed by atoms with Crippen molar-refractivity contribution in [1.29, 1.82) is 5.41 Å². The Kier molecular flexibility index (Phi) is 6.79. The van der Waals surface area contributed by atoms with Crippen molar-refractivity contribution >= 4 is 13.5 Å². The third-order valence-electron chi connectivity index (χ3n) is 1.34. The first-order valence-electron chi connectivity index (χ1n) is 4.58. The van der Waals surface area contributed by atoms with Gasteiger partial charge < -0.3 is 13.8 Å². The van der Waals surface area contributed by atoms with Crippen LogP contribution < -0.4 is 0 Å². The van der Waals surface area contributed by atoms with Crippen LogP contribution in [-0.2, 0) is 18.3 Å². The van der Waals surface area contributed by atoms with Gasteiger partial charge in [-0.05, 0) is 13.8 Å². The van der Waals surface area contributed by atoms with E-state index >= 15 is 0 Å². The summed E-state index contributed by atoms with van der Waals surface area (Å²) in [6.07, 6.45) is 0.318. The Bertz CT molecular complexity index is 219. The standard InChI is InChI=1S/C8H18NO4P/c1-4-11-8(9)6-7-13-14(3,10)12-5-2/h9H,4-7H2,1-3H3. The number of ether oxygens (including phenoxy) is 1.